The summed E-state index contributed by atoms with van der Waals surface area (Å²) in [6, 6.07) is 0. The van der Waals surface area contributed by atoms with Crippen LogP contribution in [-0.2, 0) is 4.74 Å². The topological polar surface area (TPSA) is 33.3 Å². The maximum absolute atomic E-state index is 11.6. The van der Waals surface area contributed by atoms with E-state index in [9.17, 15) is 13.2 Å². The molecule has 0 atom stereocenters. The van der Waals surface area contributed by atoms with Crippen LogP contribution in [0.25, 0.3) is 0 Å². The van der Waals surface area contributed by atoms with Gasteiger partial charge in [-0.2, -0.15) is 13.2 Å². The number of alkyl halides is 3. The molecular formula is C7H13F3N2OS. The molecule has 0 bridgehead atoms. The van der Waals surface area contributed by atoms with Crippen LogP contribution in [0.3, 0.4) is 0 Å². The maximum atomic E-state index is 11.6. The quantitative estimate of drug-likeness (QED) is 0.546. The molecular weight excluding hydrogens is 217 g/mol. The van der Waals surface area contributed by atoms with Crippen molar-refractivity contribution in [2.24, 2.45) is 0 Å². The van der Waals surface area contributed by atoms with Gasteiger partial charge < -0.3 is 15.4 Å². The van der Waals surface area contributed by atoms with Crippen LogP contribution < -0.4 is 10.6 Å². The Labute approximate surface area is 86.0 Å². The van der Waals surface area contributed by atoms with Gasteiger partial charge in [-0.25, -0.2) is 0 Å². The van der Waals surface area contributed by atoms with E-state index in [4.69, 9.17) is 12.2 Å². The molecule has 0 aliphatic rings. The molecule has 84 valence electrons. The monoisotopic (exact) mass is 230 g/mol. The third-order valence-electron chi connectivity index (χ3n) is 1.14. The van der Waals surface area contributed by atoms with Gasteiger partial charge in [-0.1, -0.05) is 0 Å². The van der Waals surface area contributed by atoms with Crippen molar-refractivity contribution in [3.8, 4) is 0 Å². The van der Waals surface area contributed by atoms with Crippen molar-refractivity contribution in [2.45, 2.75) is 13.1 Å². The number of halogens is 3. The van der Waals surface area contributed by atoms with E-state index in [1.807, 2.05) is 6.92 Å². The Bertz CT molecular complexity index is 175. The molecule has 0 aliphatic carbocycles. The third-order valence-corrected chi connectivity index (χ3v) is 1.42. The summed E-state index contributed by atoms with van der Waals surface area (Å²) in [6.45, 7) is 1.57. The highest BCUT2D eigenvalue weighted by Crippen LogP contribution is 2.13. The van der Waals surface area contributed by atoms with Gasteiger partial charge >= 0.3 is 6.18 Å². The van der Waals surface area contributed by atoms with Crippen LogP contribution in [0.1, 0.15) is 6.92 Å². The molecule has 2 N–H and O–H groups in total. The molecule has 0 heterocycles. The summed E-state index contributed by atoms with van der Waals surface area (Å²) in [6.07, 6.45) is -4.26. The van der Waals surface area contributed by atoms with E-state index in [-0.39, 0.29) is 13.2 Å². The predicted molar refractivity (Wildman–Crippen MR) is 51.2 cm³/mol. The van der Waals surface area contributed by atoms with E-state index in [1.165, 1.54) is 0 Å². The highest BCUT2D eigenvalue weighted by atomic mass is 32.1. The molecule has 0 aromatic heterocycles. The molecule has 14 heavy (non-hydrogen) atoms. The second kappa shape index (κ2) is 6.83. The van der Waals surface area contributed by atoms with Gasteiger partial charge in [0.25, 0.3) is 0 Å². The zero-order valence-corrected chi connectivity index (χ0v) is 8.60. The SMILES string of the molecule is CCNC(=S)NCCOCC(F)(F)F. The van der Waals surface area contributed by atoms with E-state index in [0.717, 1.165) is 0 Å². The highest BCUT2D eigenvalue weighted by Gasteiger charge is 2.27. The van der Waals surface area contributed by atoms with Crippen molar-refractivity contribution in [3.05, 3.63) is 0 Å². The second-order valence-corrected chi connectivity index (χ2v) is 2.86. The van der Waals surface area contributed by atoms with Crippen LogP contribution in [0.5, 0.6) is 0 Å². The van der Waals surface area contributed by atoms with Crippen molar-refractivity contribution >= 4 is 17.3 Å². The Kier molecular flexibility index (Phi) is 6.56. The first-order valence-electron chi connectivity index (χ1n) is 4.12. The van der Waals surface area contributed by atoms with Gasteiger partial charge in [0.2, 0.25) is 0 Å². The summed E-state index contributed by atoms with van der Waals surface area (Å²) < 4.78 is 39.1. The first kappa shape index (κ1) is 13.4. The van der Waals surface area contributed by atoms with Gasteiger partial charge in [-0.15, -0.1) is 0 Å². The van der Waals surface area contributed by atoms with Gasteiger partial charge in [0, 0.05) is 13.1 Å². The summed E-state index contributed by atoms with van der Waals surface area (Å²) in [7, 11) is 0. The summed E-state index contributed by atoms with van der Waals surface area (Å²) >= 11 is 4.78. The number of hydrogen-bond acceptors (Lipinski definition) is 2. The molecule has 0 saturated carbocycles. The van der Waals surface area contributed by atoms with E-state index in [1.54, 1.807) is 0 Å². The Morgan fingerprint density at radius 1 is 1.36 bits per heavy atom. The molecule has 0 aliphatic heterocycles. The Morgan fingerprint density at radius 2 is 2.00 bits per heavy atom. The molecule has 0 saturated heterocycles. The fraction of sp³-hybridized carbons (Fsp3) is 0.857. The number of nitrogens with one attached hydrogen (secondary N) is 2. The van der Waals surface area contributed by atoms with Crippen LogP contribution in [0.4, 0.5) is 13.2 Å². The van der Waals surface area contributed by atoms with E-state index < -0.39 is 12.8 Å². The minimum absolute atomic E-state index is 0.0228. The fourth-order valence-corrected chi connectivity index (χ4v) is 0.894. The number of hydrogen-bond donors (Lipinski definition) is 2. The Morgan fingerprint density at radius 3 is 2.50 bits per heavy atom. The second-order valence-electron chi connectivity index (χ2n) is 2.45. The van der Waals surface area contributed by atoms with Gasteiger partial charge in [0.15, 0.2) is 5.11 Å². The number of rotatable bonds is 5. The maximum Gasteiger partial charge on any atom is 0.411 e. The minimum Gasteiger partial charge on any atom is -0.370 e. The van der Waals surface area contributed by atoms with E-state index in [0.29, 0.717) is 11.7 Å². The lowest BCUT2D eigenvalue weighted by Gasteiger charge is -2.10. The smallest absolute Gasteiger partial charge is 0.370 e. The summed E-state index contributed by atoms with van der Waals surface area (Å²) in [5, 5.41) is 5.91. The Hall–Kier alpha value is -0.560. The van der Waals surface area contributed by atoms with Crippen molar-refractivity contribution < 1.29 is 17.9 Å². The van der Waals surface area contributed by atoms with Gasteiger partial charge in [-0.3, -0.25) is 0 Å². The summed E-state index contributed by atoms with van der Waals surface area (Å²) in [4.78, 5) is 0. The molecule has 0 aromatic carbocycles. The molecule has 0 unspecified atom stereocenters. The van der Waals surface area contributed by atoms with Crippen LogP contribution in [-0.4, -0.2) is 37.6 Å². The average Bonchev–Trinajstić information content (AvgIpc) is 2.02. The zero-order valence-electron chi connectivity index (χ0n) is 7.78. The molecule has 0 radical (unpaired) electrons. The highest BCUT2D eigenvalue weighted by molar-refractivity contribution is 7.80. The summed E-state index contributed by atoms with van der Waals surface area (Å²) in [5.41, 5.74) is 0. The zero-order chi connectivity index (χ0) is 11.0. The molecule has 3 nitrogen and oxygen atoms in total. The number of ether oxygens (including phenoxy) is 1. The molecule has 7 heteroatoms. The van der Waals surface area contributed by atoms with Crippen molar-refractivity contribution in [1.82, 2.24) is 10.6 Å². The van der Waals surface area contributed by atoms with Crippen molar-refractivity contribution in [1.29, 1.82) is 0 Å². The molecule has 0 fully saturated rings. The van der Waals surface area contributed by atoms with Crippen LogP contribution in [0.2, 0.25) is 0 Å². The molecule has 0 spiro atoms. The van der Waals surface area contributed by atoms with Crippen LogP contribution in [0, 0.1) is 0 Å². The van der Waals surface area contributed by atoms with Gasteiger partial charge in [-0.05, 0) is 19.1 Å². The lowest BCUT2D eigenvalue weighted by Crippen LogP contribution is -2.37. The van der Waals surface area contributed by atoms with Crippen LogP contribution in [0.15, 0.2) is 0 Å². The van der Waals surface area contributed by atoms with Gasteiger partial charge in [0.1, 0.15) is 6.61 Å². The fourth-order valence-electron chi connectivity index (χ4n) is 0.648. The largest absolute Gasteiger partial charge is 0.411 e. The lowest BCUT2D eigenvalue weighted by atomic mass is 10.6. The first-order valence-corrected chi connectivity index (χ1v) is 4.52. The average molecular weight is 230 g/mol. The van der Waals surface area contributed by atoms with Gasteiger partial charge in [0.05, 0.1) is 6.61 Å². The van der Waals surface area contributed by atoms with Crippen molar-refractivity contribution in [2.75, 3.05) is 26.3 Å². The third kappa shape index (κ3) is 9.53. The van der Waals surface area contributed by atoms with Crippen molar-refractivity contribution in [3.63, 3.8) is 0 Å². The summed E-state index contributed by atoms with van der Waals surface area (Å²) in [5.74, 6) is 0. The minimum atomic E-state index is -4.26. The van der Waals surface area contributed by atoms with E-state index in [2.05, 4.69) is 15.4 Å². The Balaban J connectivity index is 3.26. The molecule has 0 amide bonds. The lowest BCUT2D eigenvalue weighted by molar-refractivity contribution is -0.173. The normalized spacial score (nSPS) is 11.1. The standard InChI is InChI=1S/C7H13F3N2OS/c1-2-11-6(14)12-3-4-13-5-7(8,9)10/h2-5H2,1H3,(H2,11,12,14). The van der Waals surface area contributed by atoms with E-state index >= 15 is 0 Å². The van der Waals surface area contributed by atoms with Crippen LogP contribution >= 0.6 is 12.2 Å². The number of thiocarbonyl (C=S) groups is 1. The predicted octanol–water partition coefficient (Wildman–Crippen LogP) is 1.05. The molecule has 0 aromatic rings. The molecule has 0 rings (SSSR count). The first-order chi connectivity index (χ1) is 6.45.